The van der Waals surface area contributed by atoms with Gasteiger partial charge in [-0.2, -0.15) is 0 Å². The summed E-state index contributed by atoms with van der Waals surface area (Å²) in [5.74, 6) is 1.52. The fourth-order valence-corrected chi connectivity index (χ4v) is 5.07. The molecule has 2 heterocycles. The van der Waals surface area contributed by atoms with Crippen LogP contribution in [-0.2, 0) is 11.2 Å². The van der Waals surface area contributed by atoms with Crippen molar-refractivity contribution < 1.29 is 24.1 Å². The van der Waals surface area contributed by atoms with E-state index in [-0.39, 0.29) is 0 Å². The van der Waals surface area contributed by atoms with Crippen molar-refractivity contribution in [2.75, 3.05) is 19.8 Å². The van der Waals surface area contributed by atoms with Crippen molar-refractivity contribution in [1.29, 1.82) is 0 Å². The Hall–Kier alpha value is -3.52. The van der Waals surface area contributed by atoms with Crippen molar-refractivity contribution in [2.45, 2.75) is 53.0 Å². The van der Waals surface area contributed by atoms with Gasteiger partial charge in [-0.15, -0.1) is 11.3 Å². The van der Waals surface area contributed by atoms with E-state index in [9.17, 15) is 9.90 Å². The molecule has 0 amide bonds. The Labute approximate surface area is 221 Å². The van der Waals surface area contributed by atoms with Crippen LogP contribution in [0.2, 0.25) is 0 Å². The molecule has 0 spiro atoms. The lowest BCUT2D eigenvalue weighted by Gasteiger charge is -2.13. The third-order valence-electron chi connectivity index (χ3n) is 6.14. The molecule has 1 unspecified atom stereocenters. The van der Waals surface area contributed by atoms with Gasteiger partial charge in [-0.25, -0.2) is 9.78 Å². The van der Waals surface area contributed by atoms with E-state index >= 15 is 0 Å². The number of nitrogens with zero attached hydrogens (tertiary/aromatic N) is 2. The van der Waals surface area contributed by atoms with Gasteiger partial charge in [0.2, 0.25) is 5.88 Å². The highest BCUT2D eigenvalue weighted by atomic mass is 32.1. The number of fused-ring (bicyclic) bond motifs is 1. The number of hydrogen-bond acceptors (Lipinski definition) is 6. The van der Waals surface area contributed by atoms with Gasteiger partial charge >= 0.3 is 5.97 Å². The predicted octanol–water partition coefficient (Wildman–Crippen LogP) is 6.92. The van der Waals surface area contributed by atoms with Gasteiger partial charge in [-0.05, 0) is 75.2 Å². The molecule has 0 saturated carbocycles. The molecule has 4 rings (SSSR count). The van der Waals surface area contributed by atoms with Crippen LogP contribution in [0.1, 0.15) is 50.1 Å². The summed E-state index contributed by atoms with van der Waals surface area (Å²) >= 11 is 1.65. The largest absolute Gasteiger partial charge is 0.493 e. The lowest BCUT2D eigenvalue weighted by atomic mass is 10.1. The van der Waals surface area contributed by atoms with Gasteiger partial charge in [0, 0.05) is 29.1 Å². The average Bonchev–Trinajstić information content (AvgIpc) is 3.47. The number of benzene rings is 2. The summed E-state index contributed by atoms with van der Waals surface area (Å²) in [7, 11) is 0. The maximum Gasteiger partial charge on any atom is 0.326 e. The van der Waals surface area contributed by atoms with E-state index in [1.165, 1.54) is 5.56 Å². The first-order valence-corrected chi connectivity index (χ1v) is 13.5. The maximum absolute atomic E-state index is 11.3. The first-order chi connectivity index (χ1) is 17.9. The summed E-state index contributed by atoms with van der Waals surface area (Å²) in [6, 6.07) is 13.3. The van der Waals surface area contributed by atoms with Crippen LogP contribution in [0.4, 0.5) is 0 Å². The zero-order valence-electron chi connectivity index (χ0n) is 21.8. The SMILES string of the molecule is CCCc1cc(-c2nc(OCC)c(C)s2)ccc1OCCCOc1ccc2c(ccn2C(C)C(=O)O)c1. The van der Waals surface area contributed by atoms with Crippen molar-refractivity contribution in [3.05, 3.63) is 59.1 Å². The summed E-state index contributed by atoms with van der Waals surface area (Å²) in [6.07, 6.45) is 4.50. The van der Waals surface area contributed by atoms with Crippen molar-refractivity contribution in [1.82, 2.24) is 9.55 Å². The van der Waals surface area contributed by atoms with Crippen molar-refractivity contribution in [2.24, 2.45) is 0 Å². The molecule has 0 aliphatic carbocycles. The molecular weight excluding hydrogens is 488 g/mol. The molecule has 1 N–H and O–H groups in total. The summed E-state index contributed by atoms with van der Waals surface area (Å²) in [6.45, 7) is 9.52. The van der Waals surface area contributed by atoms with Gasteiger partial charge in [-0.1, -0.05) is 13.3 Å². The van der Waals surface area contributed by atoms with Crippen LogP contribution in [0.3, 0.4) is 0 Å². The molecule has 1 atom stereocenters. The number of hydrogen-bond donors (Lipinski definition) is 1. The number of aliphatic carboxylic acids is 1. The van der Waals surface area contributed by atoms with Crippen LogP contribution >= 0.6 is 11.3 Å². The fraction of sp³-hybridized carbons (Fsp3) is 0.379. The second kappa shape index (κ2) is 12.1. The van der Waals surface area contributed by atoms with Crippen molar-refractivity contribution in [3.63, 3.8) is 0 Å². The molecule has 37 heavy (non-hydrogen) atoms. The molecule has 0 fully saturated rings. The Morgan fingerprint density at radius 2 is 1.89 bits per heavy atom. The van der Waals surface area contributed by atoms with E-state index in [1.54, 1.807) is 29.0 Å². The molecule has 0 bridgehead atoms. The molecule has 196 valence electrons. The highest BCUT2D eigenvalue weighted by Gasteiger charge is 2.15. The predicted molar refractivity (Wildman–Crippen MR) is 147 cm³/mol. The van der Waals surface area contributed by atoms with Crippen molar-refractivity contribution in [3.8, 4) is 28.0 Å². The molecule has 0 saturated heterocycles. The molecular formula is C29H34N2O5S. The Balaban J connectivity index is 1.33. The zero-order chi connectivity index (χ0) is 26.4. The number of aryl methyl sites for hydroxylation is 2. The standard InChI is InChI=1S/C29H34N2O5S/c1-5-8-22-17-23(28-30-27(34-6-2)20(4)37-28)9-12-26(22)36-16-7-15-35-24-10-11-25-21(18-24)13-14-31(25)19(3)29(32)33/h9-14,17-19H,5-8,15-16H2,1-4H3,(H,32,33). The zero-order valence-corrected chi connectivity index (χ0v) is 22.6. The number of carbonyl (C=O) groups is 1. The van der Waals surface area contributed by atoms with E-state index in [1.807, 2.05) is 44.2 Å². The molecule has 7 nitrogen and oxygen atoms in total. The fourth-order valence-electron chi connectivity index (χ4n) is 4.21. The lowest BCUT2D eigenvalue weighted by molar-refractivity contribution is -0.140. The van der Waals surface area contributed by atoms with Crippen LogP contribution in [0, 0.1) is 6.92 Å². The van der Waals surface area contributed by atoms with E-state index in [2.05, 4.69) is 24.0 Å². The molecule has 0 aliphatic heterocycles. The Kier molecular flexibility index (Phi) is 8.71. The molecule has 8 heteroatoms. The minimum atomic E-state index is -0.858. The monoisotopic (exact) mass is 522 g/mol. The summed E-state index contributed by atoms with van der Waals surface area (Å²) < 4.78 is 19.4. The maximum atomic E-state index is 11.3. The van der Waals surface area contributed by atoms with Crippen molar-refractivity contribution >= 4 is 28.2 Å². The Bertz CT molecular complexity index is 1360. The Morgan fingerprint density at radius 3 is 2.65 bits per heavy atom. The molecule has 2 aromatic heterocycles. The third-order valence-corrected chi connectivity index (χ3v) is 7.14. The second-order valence-electron chi connectivity index (χ2n) is 8.89. The number of thiazole rings is 1. The summed E-state index contributed by atoms with van der Waals surface area (Å²) in [5.41, 5.74) is 3.14. The number of aromatic nitrogens is 2. The number of carboxylic acid groups (broad SMARTS) is 1. The number of rotatable bonds is 13. The third kappa shape index (κ3) is 6.25. The number of carboxylic acids is 1. The average molecular weight is 523 g/mol. The van der Waals surface area contributed by atoms with Crippen LogP contribution in [0.15, 0.2) is 48.7 Å². The van der Waals surface area contributed by atoms with Gasteiger partial charge in [0.25, 0.3) is 0 Å². The number of ether oxygens (including phenoxy) is 3. The van der Waals surface area contributed by atoms with E-state index < -0.39 is 12.0 Å². The van der Waals surface area contributed by atoms with Gasteiger partial charge in [0.1, 0.15) is 22.5 Å². The Morgan fingerprint density at radius 1 is 1.08 bits per heavy atom. The van der Waals surface area contributed by atoms with Gasteiger partial charge in [0.05, 0.1) is 24.7 Å². The minimum absolute atomic E-state index is 0.525. The van der Waals surface area contributed by atoms with E-state index in [4.69, 9.17) is 14.2 Å². The highest BCUT2D eigenvalue weighted by Crippen LogP contribution is 2.34. The smallest absolute Gasteiger partial charge is 0.326 e. The highest BCUT2D eigenvalue weighted by molar-refractivity contribution is 7.15. The lowest BCUT2D eigenvalue weighted by Crippen LogP contribution is -2.14. The summed E-state index contributed by atoms with van der Waals surface area (Å²) in [4.78, 5) is 17.1. The normalized spacial score (nSPS) is 12.0. The topological polar surface area (TPSA) is 82.8 Å². The van der Waals surface area contributed by atoms with Gasteiger partial charge in [0.15, 0.2) is 0 Å². The van der Waals surface area contributed by atoms with Gasteiger partial charge in [-0.3, -0.25) is 0 Å². The summed E-state index contributed by atoms with van der Waals surface area (Å²) in [5, 5.41) is 11.2. The molecule has 2 aromatic carbocycles. The van der Waals surface area contributed by atoms with Crippen LogP contribution < -0.4 is 14.2 Å². The van der Waals surface area contributed by atoms with Gasteiger partial charge < -0.3 is 23.9 Å². The van der Waals surface area contributed by atoms with E-state index in [0.29, 0.717) is 25.7 Å². The van der Waals surface area contributed by atoms with Crippen LogP contribution in [0.5, 0.6) is 17.4 Å². The first-order valence-electron chi connectivity index (χ1n) is 12.7. The first kappa shape index (κ1) is 26.5. The van der Waals surface area contributed by atoms with Crippen LogP contribution in [0.25, 0.3) is 21.5 Å². The van der Waals surface area contributed by atoms with E-state index in [0.717, 1.165) is 57.1 Å². The quantitative estimate of drug-likeness (QED) is 0.192. The molecule has 0 radical (unpaired) electrons. The molecule has 0 aliphatic rings. The van der Waals surface area contributed by atoms with Crippen LogP contribution in [-0.4, -0.2) is 40.4 Å². The minimum Gasteiger partial charge on any atom is -0.493 e. The molecule has 4 aromatic rings. The second-order valence-corrected chi connectivity index (χ2v) is 10.1.